The molecule has 4 aromatic rings. The van der Waals surface area contributed by atoms with Gasteiger partial charge in [-0.05, 0) is 49.7 Å². The normalized spacial score (nSPS) is 15.6. The van der Waals surface area contributed by atoms with Crippen LogP contribution in [0.3, 0.4) is 0 Å². The lowest BCUT2D eigenvalue weighted by Gasteiger charge is -2.24. The number of rotatable bonds is 5. The van der Waals surface area contributed by atoms with Crippen LogP contribution >= 0.6 is 34.5 Å². The predicted molar refractivity (Wildman–Crippen MR) is 141 cm³/mol. The molecule has 0 amide bonds. The van der Waals surface area contributed by atoms with Crippen LogP contribution in [0.15, 0.2) is 86.1 Å². The second-order valence-electron chi connectivity index (χ2n) is 8.04. The van der Waals surface area contributed by atoms with Gasteiger partial charge in [-0.25, -0.2) is 9.79 Å². The molecule has 1 aliphatic heterocycles. The van der Waals surface area contributed by atoms with E-state index in [4.69, 9.17) is 32.4 Å². The van der Waals surface area contributed by atoms with Crippen LogP contribution in [-0.2, 0) is 9.53 Å². The molecule has 182 valence electrons. The molecule has 0 bridgehead atoms. The van der Waals surface area contributed by atoms with Crippen molar-refractivity contribution in [2.75, 3.05) is 6.61 Å². The molecule has 5 rings (SSSR count). The fourth-order valence-corrected chi connectivity index (χ4v) is 5.54. The molecule has 0 fully saturated rings. The third-order valence-electron chi connectivity index (χ3n) is 5.73. The fourth-order valence-electron chi connectivity index (χ4n) is 4.13. The van der Waals surface area contributed by atoms with E-state index in [0.29, 0.717) is 47.7 Å². The molecule has 0 radical (unpaired) electrons. The number of furan rings is 1. The van der Waals surface area contributed by atoms with E-state index in [1.165, 1.54) is 11.3 Å². The second kappa shape index (κ2) is 9.93. The predicted octanol–water partition coefficient (Wildman–Crippen LogP) is 5.37. The summed E-state index contributed by atoms with van der Waals surface area (Å²) in [5, 5.41) is 1.04. The van der Waals surface area contributed by atoms with Crippen LogP contribution in [0.25, 0.3) is 17.4 Å². The Morgan fingerprint density at radius 2 is 1.94 bits per heavy atom. The Hall–Kier alpha value is -3.39. The number of nitrogens with zero attached hydrogens (tertiary/aromatic N) is 2. The largest absolute Gasteiger partial charge is 0.463 e. The number of carbonyl (C=O) groups is 1. The lowest BCUT2D eigenvalue weighted by molar-refractivity contribution is -0.139. The number of thiazole rings is 1. The molecule has 0 unspecified atom stereocenters. The number of carbonyl (C=O) groups excluding carboxylic acids is 1. The van der Waals surface area contributed by atoms with E-state index >= 15 is 0 Å². The Morgan fingerprint density at radius 1 is 1.17 bits per heavy atom. The van der Waals surface area contributed by atoms with Gasteiger partial charge >= 0.3 is 5.97 Å². The summed E-state index contributed by atoms with van der Waals surface area (Å²) in [5.74, 6) is 0.518. The number of aromatic nitrogens is 1. The van der Waals surface area contributed by atoms with Crippen molar-refractivity contribution >= 4 is 46.6 Å². The van der Waals surface area contributed by atoms with Crippen molar-refractivity contribution < 1.29 is 13.9 Å². The number of allylic oxidation sites excluding steroid dienone is 1. The van der Waals surface area contributed by atoms with E-state index in [2.05, 4.69) is 4.99 Å². The van der Waals surface area contributed by atoms with Crippen molar-refractivity contribution in [3.05, 3.63) is 113 Å². The molecule has 6 nitrogen and oxygen atoms in total. The summed E-state index contributed by atoms with van der Waals surface area (Å²) in [5.41, 5.74) is 2.03. The van der Waals surface area contributed by atoms with E-state index in [1.54, 1.807) is 54.8 Å². The van der Waals surface area contributed by atoms with Crippen molar-refractivity contribution in [3.63, 3.8) is 0 Å². The molecule has 3 heterocycles. The molecule has 36 heavy (non-hydrogen) atoms. The minimum Gasteiger partial charge on any atom is -0.463 e. The Balaban J connectivity index is 1.64. The quantitative estimate of drug-likeness (QED) is 0.320. The molecule has 0 aliphatic carbocycles. The smallest absolute Gasteiger partial charge is 0.338 e. The van der Waals surface area contributed by atoms with E-state index < -0.39 is 12.0 Å². The fraction of sp³-hybridized carbons (Fsp3) is 0.148. The van der Waals surface area contributed by atoms with Crippen LogP contribution in [-0.4, -0.2) is 17.1 Å². The maximum absolute atomic E-state index is 13.6. The number of esters is 1. The zero-order valence-electron chi connectivity index (χ0n) is 19.3. The standard InChI is InChI=1S/C27H20Cl2N2O4S/c1-3-34-26(33)23-15(2)30-27-31(24(23)16-7-5-4-6-8-16)25(32)22(36-27)14-18-10-12-21(35-18)19-13-17(28)9-11-20(19)29/h4-14,24H,3H2,1-2H3/b22-14-/t24-/m1/s1. The number of benzene rings is 2. The number of hydrogen-bond acceptors (Lipinski definition) is 6. The molecule has 0 N–H and O–H groups in total. The highest BCUT2D eigenvalue weighted by Crippen LogP contribution is 2.32. The van der Waals surface area contributed by atoms with Gasteiger partial charge in [-0.2, -0.15) is 0 Å². The summed E-state index contributed by atoms with van der Waals surface area (Å²) >= 11 is 13.7. The highest BCUT2D eigenvalue weighted by molar-refractivity contribution is 7.07. The summed E-state index contributed by atoms with van der Waals surface area (Å²) in [6, 6.07) is 17.4. The molecule has 1 aliphatic rings. The van der Waals surface area contributed by atoms with Crippen LogP contribution in [0.5, 0.6) is 0 Å². The average molecular weight is 539 g/mol. The van der Waals surface area contributed by atoms with Gasteiger partial charge in [0.05, 0.1) is 33.5 Å². The Labute approximate surface area is 220 Å². The first-order chi connectivity index (χ1) is 17.4. The van der Waals surface area contributed by atoms with Crippen LogP contribution in [0.2, 0.25) is 10.0 Å². The molecule has 0 saturated heterocycles. The van der Waals surface area contributed by atoms with Gasteiger partial charge in [0.15, 0.2) is 4.80 Å². The Kier molecular flexibility index (Phi) is 6.71. The zero-order chi connectivity index (χ0) is 25.4. The molecule has 9 heteroatoms. The molecule has 2 aromatic heterocycles. The summed E-state index contributed by atoms with van der Waals surface area (Å²) in [6.45, 7) is 3.72. The maximum atomic E-state index is 13.6. The Morgan fingerprint density at radius 3 is 2.69 bits per heavy atom. The van der Waals surface area contributed by atoms with Gasteiger partial charge < -0.3 is 9.15 Å². The topological polar surface area (TPSA) is 73.8 Å². The summed E-state index contributed by atoms with van der Waals surface area (Å²) in [7, 11) is 0. The monoisotopic (exact) mass is 538 g/mol. The second-order valence-corrected chi connectivity index (χ2v) is 9.89. The molecule has 2 aromatic carbocycles. The highest BCUT2D eigenvalue weighted by Gasteiger charge is 2.33. The molecular weight excluding hydrogens is 519 g/mol. The number of halogens is 2. The SMILES string of the molecule is CCOC(=O)C1=C(C)N=c2s/c(=C\c3ccc(-c4cc(Cl)ccc4Cl)o3)c(=O)n2[C@@H]1c1ccccc1. The van der Waals surface area contributed by atoms with Crippen LogP contribution < -0.4 is 14.9 Å². The van der Waals surface area contributed by atoms with E-state index in [0.717, 1.165) is 5.56 Å². The van der Waals surface area contributed by atoms with Crippen LogP contribution in [0.4, 0.5) is 0 Å². The lowest BCUT2D eigenvalue weighted by atomic mass is 9.96. The van der Waals surface area contributed by atoms with Crippen LogP contribution in [0, 0.1) is 0 Å². The van der Waals surface area contributed by atoms with Crippen molar-refractivity contribution in [1.29, 1.82) is 0 Å². The van der Waals surface area contributed by atoms with Gasteiger partial charge in [0.1, 0.15) is 11.5 Å². The van der Waals surface area contributed by atoms with Gasteiger partial charge in [0.2, 0.25) is 0 Å². The molecule has 0 spiro atoms. The van der Waals surface area contributed by atoms with Crippen molar-refractivity contribution in [2.45, 2.75) is 19.9 Å². The summed E-state index contributed by atoms with van der Waals surface area (Å²) < 4.78 is 13.2. The van der Waals surface area contributed by atoms with Crippen molar-refractivity contribution in [2.24, 2.45) is 4.99 Å². The van der Waals surface area contributed by atoms with Crippen molar-refractivity contribution in [3.8, 4) is 11.3 Å². The van der Waals surface area contributed by atoms with Gasteiger partial charge in [0.25, 0.3) is 5.56 Å². The van der Waals surface area contributed by atoms with E-state index in [1.807, 2.05) is 30.3 Å². The highest BCUT2D eigenvalue weighted by atomic mass is 35.5. The van der Waals surface area contributed by atoms with E-state index in [9.17, 15) is 9.59 Å². The Bertz CT molecular complexity index is 1680. The average Bonchev–Trinajstić information content (AvgIpc) is 3.45. The molecule has 0 saturated carbocycles. The van der Waals surface area contributed by atoms with Gasteiger partial charge in [0, 0.05) is 16.7 Å². The van der Waals surface area contributed by atoms with Crippen LogP contribution in [0.1, 0.15) is 31.2 Å². The maximum Gasteiger partial charge on any atom is 0.338 e. The number of ether oxygens (including phenoxy) is 1. The summed E-state index contributed by atoms with van der Waals surface area (Å²) in [6.07, 6.45) is 1.66. The lowest BCUT2D eigenvalue weighted by Crippen LogP contribution is -2.39. The molecule has 1 atom stereocenters. The minimum absolute atomic E-state index is 0.221. The van der Waals surface area contributed by atoms with Gasteiger partial charge in [-0.1, -0.05) is 64.9 Å². The molecular formula is C27H20Cl2N2O4S. The number of fused-ring (bicyclic) bond motifs is 1. The van der Waals surface area contributed by atoms with E-state index in [-0.39, 0.29) is 12.2 Å². The van der Waals surface area contributed by atoms with Crippen molar-refractivity contribution in [1.82, 2.24) is 4.57 Å². The first-order valence-electron chi connectivity index (χ1n) is 11.2. The minimum atomic E-state index is -0.652. The van der Waals surface area contributed by atoms with Gasteiger partial charge in [-0.15, -0.1) is 0 Å². The third kappa shape index (κ3) is 4.46. The van der Waals surface area contributed by atoms with Gasteiger partial charge in [-0.3, -0.25) is 9.36 Å². The number of hydrogen-bond donors (Lipinski definition) is 0. The third-order valence-corrected chi connectivity index (χ3v) is 7.27. The summed E-state index contributed by atoms with van der Waals surface area (Å²) in [4.78, 5) is 31.6. The first kappa shape index (κ1) is 24.3. The first-order valence-corrected chi connectivity index (χ1v) is 12.7. The zero-order valence-corrected chi connectivity index (χ0v) is 21.7.